The normalized spacial score (nSPS) is 28.9. The van der Waals surface area contributed by atoms with E-state index in [0.717, 1.165) is 37.1 Å². The van der Waals surface area contributed by atoms with E-state index < -0.39 is 46.7 Å². The van der Waals surface area contributed by atoms with E-state index >= 15 is 0 Å². The summed E-state index contributed by atoms with van der Waals surface area (Å²) in [5.74, 6) is -4.76. The maximum Gasteiger partial charge on any atom is 0.255 e. The van der Waals surface area contributed by atoms with Crippen LogP contribution in [0.2, 0.25) is 0 Å². The first kappa shape index (κ1) is 25.5. The lowest BCUT2D eigenvalue weighted by Gasteiger charge is -2.46. The maximum atomic E-state index is 13.8. The molecule has 1 amide bonds. The number of likely N-dealkylation sites (tertiary alicyclic amines) is 1. The molecule has 1 saturated heterocycles. The van der Waals surface area contributed by atoms with Gasteiger partial charge in [0.05, 0.1) is 17.5 Å². The number of Topliss-reactive ketones (excluding diaryl/α,β-unsaturated/α-hetero) is 2. The summed E-state index contributed by atoms with van der Waals surface area (Å²) >= 11 is 0. The van der Waals surface area contributed by atoms with Crippen molar-refractivity contribution < 1.29 is 29.7 Å². The second-order valence-electron chi connectivity index (χ2n) is 11.4. The molecule has 1 aromatic carbocycles. The molecule has 2 fully saturated rings. The number of aliphatic hydroxyl groups excluding tert-OH is 2. The van der Waals surface area contributed by atoms with Crippen molar-refractivity contribution in [3.63, 3.8) is 0 Å². The van der Waals surface area contributed by atoms with Crippen LogP contribution in [-0.2, 0) is 27.3 Å². The largest absolute Gasteiger partial charge is 0.510 e. The van der Waals surface area contributed by atoms with E-state index in [-0.39, 0.29) is 28.6 Å². The number of amides is 1. The number of benzene rings is 1. The number of hydrogen-bond donors (Lipinski definition) is 4. The number of aliphatic hydroxyl groups is 2. The molecule has 4 atom stereocenters. The SMILES string of the molecule is CC1CCN(Cc2ccc(O)c3c2CC2CC4C(C(=O)C(C(N)=O)=C(O)[C@H]4N(C)C)C(=O)C2=C3O)CC1. The first-order valence-electron chi connectivity index (χ1n) is 13.0. The maximum absolute atomic E-state index is 13.8. The Balaban J connectivity index is 1.57. The van der Waals surface area contributed by atoms with E-state index in [0.29, 0.717) is 25.3 Å². The Morgan fingerprint density at radius 3 is 2.41 bits per heavy atom. The van der Waals surface area contributed by atoms with Crippen LogP contribution in [0.25, 0.3) is 5.76 Å². The molecular formula is C28H35N3O6. The van der Waals surface area contributed by atoms with E-state index in [9.17, 15) is 29.7 Å². The molecule has 4 aliphatic rings. The highest BCUT2D eigenvalue weighted by molar-refractivity contribution is 6.28. The lowest BCUT2D eigenvalue weighted by molar-refractivity contribution is -0.136. The lowest BCUT2D eigenvalue weighted by atomic mass is 9.59. The average Bonchev–Trinajstić information content (AvgIpc) is 2.81. The van der Waals surface area contributed by atoms with Gasteiger partial charge in [-0.1, -0.05) is 13.0 Å². The highest BCUT2D eigenvalue weighted by Crippen LogP contribution is 2.50. The molecule has 37 heavy (non-hydrogen) atoms. The topological polar surface area (TPSA) is 144 Å². The Hall–Kier alpha value is -3.17. The Morgan fingerprint density at radius 1 is 1.11 bits per heavy atom. The van der Waals surface area contributed by atoms with Gasteiger partial charge in [0.15, 0.2) is 11.6 Å². The minimum Gasteiger partial charge on any atom is -0.510 e. The number of allylic oxidation sites excluding steroid dienone is 1. The molecule has 0 spiro atoms. The molecule has 0 bridgehead atoms. The molecule has 5 rings (SSSR count). The monoisotopic (exact) mass is 509 g/mol. The molecule has 1 aromatic rings. The zero-order valence-electron chi connectivity index (χ0n) is 21.5. The standard InChI is InChI=1S/C28H35N3O6/c1-13-6-8-31(9-7-13)12-14-4-5-18(32)20-16(14)10-15-11-17-21(25(34)19(15)24(20)33)26(35)22(28(29)37)27(36)23(17)30(2)3/h4-5,13,15,17,21,23,32-33,36H,6-12H2,1-3H3,(H2,29,37)/t15?,17?,21?,23-/m0/s1. The molecule has 9 nitrogen and oxygen atoms in total. The third-order valence-electron chi connectivity index (χ3n) is 8.82. The van der Waals surface area contributed by atoms with Gasteiger partial charge in [0.25, 0.3) is 5.91 Å². The van der Waals surface area contributed by atoms with Crippen molar-refractivity contribution in [2.45, 2.75) is 45.2 Å². The summed E-state index contributed by atoms with van der Waals surface area (Å²) in [6.45, 7) is 4.91. The van der Waals surface area contributed by atoms with Gasteiger partial charge in [0.1, 0.15) is 22.8 Å². The van der Waals surface area contributed by atoms with Crippen LogP contribution in [0, 0.1) is 23.7 Å². The summed E-state index contributed by atoms with van der Waals surface area (Å²) < 4.78 is 0. The highest BCUT2D eigenvalue weighted by atomic mass is 16.3. The van der Waals surface area contributed by atoms with Crippen molar-refractivity contribution in [1.29, 1.82) is 0 Å². The first-order valence-corrected chi connectivity index (χ1v) is 13.0. The third kappa shape index (κ3) is 4.05. The number of phenolic OH excluding ortho intramolecular Hbond substituents is 1. The molecule has 1 heterocycles. The number of fused-ring (bicyclic) bond motifs is 3. The predicted molar refractivity (Wildman–Crippen MR) is 136 cm³/mol. The number of hydrogen-bond acceptors (Lipinski definition) is 8. The molecule has 0 aromatic heterocycles. The van der Waals surface area contributed by atoms with E-state index in [1.807, 2.05) is 6.07 Å². The number of phenols is 1. The number of likely N-dealkylation sites (N-methyl/N-ethyl adjacent to an activating group) is 1. The van der Waals surface area contributed by atoms with Crippen molar-refractivity contribution in [1.82, 2.24) is 9.80 Å². The number of carbonyl (C=O) groups is 3. The highest BCUT2D eigenvalue weighted by Gasteiger charge is 2.55. The summed E-state index contributed by atoms with van der Waals surface area (Å²) in [5.41, 5.74) is 7.05. The van der Waals surface area contributed by atoms with E-state index in [1.54, 1.807) is 25.1 Å². The number of primary amides is 1. The summed E-state index contributed by atoms with van der Waals surface area (Å²) in [4.78, 5) is 43.2. The molecule has 1 aliphatic heterocycles. The molecule has 0 radical (unpaired) electrons. The molecule has 3 aliphatic carbocycles. The predicted octanol–water partition coefficient (Wildman–Crippen LogP) is 2.08. The van der Waals surface area contributed by atoms with Gasteiger partial charge in [0.2, 0.25) is 0 Å². The van der Waals surface area contributed by atoms with Crippen molar-refractivity contribution in [2.24, 2.45) is 29.4 Å². The van der Waals surface area contributed by atoms with Gasteiger partial charge in [-0.25, -0.2) is 0 Å². The van der Waals surface area contributed by atoms with Crippen LogP contribution in [0.15, 0.2) is 29.0 Å². The first-order chi connectivity index (χ1) is 17.5. The number of rotatable bonds is 4. The molecule has 3 unspecified atom stereocenters. The van der Waals surface area contributed by atoms with Gasteiger partial charge in [-0.2, -0.15) is 0 Å². The quantitative estimate of drug-likeness (QED) is 0.357. The minimum absolute atomic E-state index is 0.110. The fourth-order valence-corrected chi connectivity index (χ4v) is 6.94. The number of carbonyl (C=O) groups excluding carboxylic acids is 3. The minimum atomic E-state index is -1.23. The number of nitrogens with two attached hydrogens (primary N) is 1. The van der Waals surface area contributed by atoms with Crippen LogP contribution in [0.3, 0.4) is 0 Å². The van der Waals surface area contributed by atoms with Gasteiger partial charge in [-0.3, -0.25) is 24.2 Å². The second-order valence-corrected chi connectivity index (χ2v) is 11.4. The zero-order valence-corrected chi connectivity index (χ0v) is 21.5. The van der Waals surface area contributed by atoms with Crippen LogP contribution in [0.5, 0.6) is 5.75 Å². The van der Waals surface area contributed by atoms with Crippen LogP contribution in [0.4, 0.5) is 0 Å². The number of aromatic hydroxyl groups is 1. The molecule has 5 N–H and O–H groups in total. The summed E-state index contributed by atoms with van der Waals surface area (Å²) in [6.07, 6.45) is 3.04. The molecular weight excluding hydrogens is 474 g/mol. The van der Waals surface area contributed by atoms with Crippen molar-refractivity contribution in [3.05, 3.63) is 45.7 Å². The van der Waals surface area contributed by atoms with Gasteiger partial charge in [0, 0.05) is 12.1 Å². The summed E-state index contributed by atoms with van der Waals surface area (Å²) in [6, 6.07) is 2.70. The average molecular weight is 510 g/mol. The molecule has 1 saturated carbocycles. The van der Waals surface area contributed by atoms with Crippen LogP contribution >= 0.6 is 0 Å². The number of nitrogens with zero attached hydrogens (tertiary/aromatic N) is 2. The number of ketones is 2. The smallest absolute Gasteiger partial charge is 0.255 e. The lowest BCUT2D eigenvalue weighted by Crippen LogP contribution is -2.55. The fraction of sp³-hybridized carbons (Fsp3) is 0.536. The molecule has 198 valence electrons. The van der Waals surface area contributed by atoms with E-state index in [1.165, 1.54) is 0 Å². The van der Waals surface area contributed by atoms with Crippen molar-refractivity contribution in [2.75, 3.05) is 27.2 Å². The van der Waals surface area contributed by atoms with Crippen molar-refractivity contribution >= 4 is 23.2 Å². The Kier molecular flexibility index (Phi) is 6.40. The van der Waals surface area contributed by atoms with Crippen LogP contribution in [-0.4, -0.2) is 75.8 Å². The Morgan fingerprint density at radius 2 is 1.78 bits per heavy atom. The summed E-state index contributed by atoms with van der Waals surface area (Å²) in [7, 11) is 3.43. The van der Waals surface area contributed by atoms with Gasteiger partial charge in [-0.15, -0.1) is 0 Å². The Bertz CT molecular complexity index is 1240. The van der Waals surface area contributed by atoms with Gasteiger partial charge in [-0.05, 0) is 87.8 Å². The van der Waals surface area contributed by atoms with Crippen LogP contribution < -0.4 is 5.73 Å². The zero-order chi connectivity index (χ0) is 26.8. The Labute approximate surface area is 216 Å². The third-order valence-corrected chi connectivity index (χ3v) is 8.82. The van der Waals surface area contributed by atoms with Gasteiger partial charge >= 0.3 is 0 Å². The van der Waals surface area contributed by atoms with Crippen LogP contribution in [0.1, 0.15) is 42.9 Å². The van der Waals surface area contributed by atoms with Crippen molar-refractivity contribution in [3.8, 4) is 5.75 Å². The molecule has 9 heteroatoms. The summed E-state index contributed by atoms with van der Waals surface area (Å²) in [5, 5.41) is 32.9. The fourth-order valence-electron chi connectivity index (χ4n) is 6.94. The van der Waals surface area contributed by atoms with E-state index in [2.05, 4.69) is 11.8 Å². The second kappa shape index (κ2) is 9.29. The van der Waals surface area contributed by atoms with E-state index in [4.69, 9.17) is 5.73 Å². The van der Waals surface area contributed by atoms with Gasteiger partial charge < -0.3 is 21.1 Å². The number of piperidine rings is 1.